The third kappa shape index (κ3) is 3.84. The van der Waals surface area contributed by atoms with Gasteiger partial charge in [-0.15, -0.1) is 0 Å². The number of sulfonamides is 1. The summed E-state index contributed by atoms with van der Waals surface area (Å²) in [6.07, 6.45) is 5.18. The SMILES string of the molecule is CCC1CCC(NS(=O)(=O)c2ccc(C#N)c(C)c2)CC1. The van der Waals surface area contributed by atoms with Crippen LogP contribution in [0.15, 0.2) is 23.1 Å². The Balaban J connectivity index is 2.09. The molecular formula is C16H22N2O2S. The topological polar surface area (TPSA) is 70.0 Å². The normalized spacial score (nSPS) is 22.7. The first-order valence-corrected chi connectivity index (χ1v) is 8.97. The van der Waals surface area contributed by atoms with Crippen LogP contribution in [0.1, 0.15) is 50.2 Å². The van der Waals surface area contributed by atoms with Crippen molar-refractivity contribution in [3.05, 3.63) is 29.3 Å². The maximum Gasteiger partial charge on any atom is 0.240 e. The van der Waals surface area contributed by atoms with Gasteiger partial charge in [0.05, 0.1) is 16.5 Å². The van der Waals surface area contributed by atoms with E-state index in [2.05, 4.69) is 17.7 Å². The first kappa shape index (κ1) is 16.0. The summed E-state index contributed by atoms with van der Waals surface area (Å²) in [5.41, 5.74) is 1.20. The van der Waals surface area contributed by atoms with E-state index in [1.54, 1.807) is 19.1 Å². The summed E-state index contributed by atoms with van der Waals surface area (Å²) in [5.74, 6) is 0.739. The van der Waals surface area contributed by atoms with Crippen molar-refractivity contribution in [2.75, 3.05) is 0 Å². The summed E-state index contributed by atoms with van der Waals surface area (Å²) in [4.78, 5) is 0.247. The first-order chi connectivity index (χ1) is 9.96. The number of nitrogens with zero attached hydrogens (tertiary/aromatic N) is 1. The van der Waals surface area contributed by atoms with Gasteiger partial charge in [-0.05, 0) is 62.3 Å². The molecule has 4 nitrogen and oxygen atoms in total. The van der Waals surface area contributed by atoms with Crippen LogP contribution in [0.5, 0.6) is 0 Å². The monoisotopic (exact) mass is 306 g/mol. The van der Waals surface area contributed by atoms with Crippen molar-refractivity contribution < 1.29 is 8.42 Å². The largest absolute Gasteiger partial charge is 0.240 e. The molecule has 0 bridgehead atoms. The second-order valence-corrected chi connectivity index (χ2v) is 7.55. The molecule has 0 spiro atoms. The van der Waals surface area contributed by atoms with E-state index >= 15 is 0 Å². The van der Waals surface area contributed by atoms with Crippen LogP contribution in [0, 0.1) is 24.2 Å². The van der Waals surface area contributed by atoms with Crippen LogP contribution in [-0.2, 0) is 10.0 Å². The Morgan fingerprint density at radius 3 is 2.48 bits per heavy atom. The highest BCUT2D eigenvalue weighted by atomic mass is 32.2. The Morgan fingerprint density at radius 1 is 1.29 bits per heavy atom. The van der Waals surface area contributed by atoms with Crippen molar-refractivity contribution in [3.8, 4) is 6.07 Å². The van der Waals surface area contributed by atoms with Crippen molar-refractivity contribution in [2.24, 2.45) is 5.92 Å². The summed E-state index contributed by atoms with van der Waals surface area (Å²) in [5, 5.41) is 8.91. The lowest BCUT2D eigenvalue weighted by Gasteiger charge is -2.28. The van der Waals surface area contributed by atoms with Gasteiger partial charge in [0, 0.05) is 6.04 Å². The molecule has 0 amide bonds. The maximum atomic E-state index is 12.4. The molecule has 1 saturated carbocycles. The predicted molar refractivity (Wildman–Crippen MR) is 82.3 cm³/mol. The van der Waals surface area contributed by atoms with Crippen LogP contribution >= 0.6 is 0 Å². The van der Waals surface area contributed by atoms with Gasteiger partial charge in [0.15, 0.2) is 0 Å². The van der Waals surface area contributed by atoms with Crippen LogP contribution in [0.4, 0.5) is 0 Å². The third-order valence-electron chi connectivity index (χ3n) is 4.37. The van der Waals surface area contributed by atoms with Crippen molar-refractivity contribution >= 4 is 10.0 Å². The highest BCUT2D eigenvalue weighted by molar-refractivity contribution is 7.89. The molecule has 0 radical (unpaired) electrons. The highest BCUT2D eigenvalue weighted by Crippen LogP contribution is 2.27. The molecule has 0 heterocycles. The fraction of sp³-hybridized carbons (Fsp3) is 0.562. The van der Waals surface area contributed by atoms with Crippen molar-refractivity contribution in [2.45, 2.75) is 56.9 Å². The van der Waals surface area contributed by atoms with E-state index in [4.69, 9.17) is 5.26 Å². The summed E-state index contributed by atoms with van der Waals surface area (Å²) in [7, 11) is -3.49. The third-order valence-corrected chi connectivity index (χ3v) is 5.89. The lowest BCUT2D eigenvalue weighted by molar-refractivity contribution is 0.306. The van der Waals surface area contributed by atoms with Crippen LogP contribution < -0.4 is 4.72 Å². The van der Waals surface area contributed by atoms with Gasteiger partial charge in [-0.3, -0.25) is 0 Å². The number of aryl methyl sites for hydroxylation is 1. The maximum absolute atomic E-state index is 12.4. The van der Waals surface area contributed by atoms with Gasteiger partial charge in [-0.1, -0.05) is 13.3 Å². The Bertz CT molecular complexity index is 639. The molecule has 1 aromatic rings. The molecule has 2 rings (SSSR count). The van der Waals surface area contributed by atoms with Gasteiger partial charge >= 0.3 is 0 Å². The number of hydrogen-bond donors (Lipinski definition) is 1. The zero-order valence-corrected chi connectivity index (χ0v) is 13.4. The number of nitriles is 1. The first-order valence-electron chi connectivity index (χ1n) is 7.49. The smallest absolute Gasteiger partial charge is 0.208 e. The highest BCUT2D eigenvalue weighted by Gasteiger charge is 2.25. The predicted octanol–water partition coefficient (Wildman–Crippen LogP) is 3.11. The average molecular weight is 306 g/mol. The summed E-state index contributed by atoms with van der Waals surface area (Å²) in [6, 6.07) is 6.73. The molecule has 1 aromatic carbocycles. The number of benzene rings is 1. The molecule has 114 valence electrons. The Hall–Kier alpha value is -1.38. The van der Waals surface area contributed by atoms with Gasteiger partial charge in [-0.2, -0.15) is 5.26 Å². The van der Waals surface area contributed by atoms with Crippen LogP contribution in [0.25, 0.3) is 0 Å². The van der Waals surface area contributed by atoms with Crippen molar-refractivity contribution in [1.82, 2.24) is 4.72 Å². The van der Waals surface area contributed by atoms with E-state index in [0.717, 1.165) is 31.6 Å². The molecular weight excluding hydrogens is 284 g/mol. The van der Waals surface area contributed by atoms with Crippen LogP contribution in [0.2, 0.25) is 0 Å². The molecule has 1 aliphatic rings. The molecule has 0 aromatic heterocycles. The van der Waals surface area contributed by atoms with Gasteiger partial charge in [0.2, 0.25) is 10.0 Å². The van der Waals surface area contributed by atoms with Gasteiger partial charge in [-0.25, -0.2) is 13.1 Å². The van der Waals surface area contributed by atoms with Crippen LogP contribution in [0.3, 0.4) is 0 Å². The summed E-state index contributed by atoms with van der Waals surface area (Å²) >= 11 is 0. The fourth-order valence-electron chi connectivity index (χ4n) is 2.90. The molecule has 0 saturated heterocycles. The fourth-order valence-corrected chi connectivity index (χ4v) is 4.29. The minimum atomic E-state index is -3.49. The number of nitrogens with one attached hydrogen (secondary N) is 1. The minimum absolute atomic E-state index is 0.0359. The van der Waals surface area contributed by atoms with Crippen molar-refractivity contribution in [1.29, 1.82) is 5.26 Å². The second kappa shape index (κ2) is 6.59. The Labute approximate surface area is 127 Å². The zero-order chi connectivity index (χ0) is 15.5. The van der Waals surface area contributed by atoms with E-state index in [0.29, 0.717) is 11.1 Å². The van der Waals surface area contributed by atoms with Gasteiger partial charge in [0.25, 0.3) is 0 Å². The van der Waals surface area contributed by atoms with E-state index < -0.39 is 10.0 Å². The average Bonchev–Trinajstić information content (AvgIpc) is 2.47. The summed E-state index contributed by atoms with van der Waals surface area (Å²) in [6.45, 7) is 3.94. The number of hydrogen-bond acceptors (Lipinski definition) is 3. The molecule has 21 heavy (non-hydrogen) atoms. The lowest BCUT2D eigenvalue weighted by Crippen LogP contribution is -2.37. The van der Waals surface area contributed by atoms with E-state index in [-0.39, 0.29) is 10.9 Å². The molecule has 1 N–H and O–H groups in total. The second-order valence-electron chi connectivity index (χ2n) is 5.84. The molecule has 0 aliphatic heterocycles. The molecule has 5 heteroatoms. The molecule has 0 atom stereocenters. The van der Waals surface area contributed by atoms with Crippen molar-refractivity contribution in [3.63, 3.8) is 0 Å². The molecule has 1 aliphatic carbocycles. The lowest BCUT2D eigenvalue weighted by atomic mass is 9.85. The molecule has 1 fully saturated rings. The van der Waals surface area contributed by atoms with E-state index in [1.807, 2.05) is 0 Å². The van der Waals surface area contributed by atoms with Gasteiger partial charge in [0.1, 0.15) is 0 Å². The quantitative estimate of drug-likeness (QED) is 0.929. The number of rotatable bonds is 4. The van der Waals surface area contributed by atoms with Crippen LogP contribution in [-0.4, -0.2) is 14.5 Å². The minimum Gasteiger partial charge on any atom is -0.208 e. The Morgan fingerprint density at radius 2 is 1.95 bits per heavy atom. The zero-order valence-electron chi connectivity index (χ0n) is 12.6. The molecule has 0 unspecified atom stereocenters. The standard InChI is InChI=1S/C16H22N2O2S/c1-3-13-4-7-15(8-5-13)18-21(19,20)16-9-6-14(11-17)12(2)10-16/h6,9-10,13,15,18H,3-5,7-8H2,1-2H3. The summed E-state index contributed by atoms with van der Waals surface area (Å²) < 4.78 is 27.6. The van der Waals surface area contributed by atoms with Gasteiger partial charge < -0.3 is 0 Å². The van der Waals surface area contributed by atoms with E-state index in [1.165, 1.54) is 12.5 Å². The Kier molecular flexibility index (Phi) is 5.02. The van der Waals surface area contributed by atoms with E-state index in [9.17, 15) is 8.42 Å².